The molecule has 0 saturated heterocycles. The second-order valence-corrected chi connectivity index (χ2v) is 5.87. The number of allylic oxidation sites excluding steroid dienone is 2. The molecule has 0 aromatic heterocycles. The number of nitro groups is 1. The Bertz CT molecular complexity index is 896. The lowest BCUT2D eigenvalue weighted by Crippen LogP contribution is -2.38. The maximum atomic E-state index is 12.5. The van der Waals surface area contributed by atoms with Crippen molar-refractivity contribution in [2.75, 3.05) is 10.6 Å². The zero-order chi connectivity index (χ0) is 19.0. The Balaban J connectivity index is 2.82. The number of nitrogen functional groups attached to an aromatic ring is 1. The third kappa shape index (κ3) is 3.06. The van der Waals surface area contributed by atoms with Crippen LogP contribution in [0.1, 0.15) is 25.0 Å². The number of ketones is 1. The van der Waals surface area contributed by atoms with E-state index in [2.05, 4.69) is 0 Å². The number of anilines is 2. The molecule has 0 saturated carbocycles. The highest BCUT2D eigenvalue weighted by molar-refractivity contribution is 6.26. The molecule has 3 N–H and O–H groups in total. The topological polar surface area (TPSA) is 130 Å². The van der Waals surface area contributed by atoms with Crippen LogP contribution in [0.25, 0.3) is 0 Å². The Labute approximate surface area is 144 Å². The number of amides is 1. The number of nitrogens with zero attached hydrogens (tertiary/aromatic N) is 2. The number of hydrogen-bond donors (Lipinski definition) is 2. The minimum absolute atomic E-state index is 0.175. The first kappa shape index (κ1) is 18.1. The van der Waals surface area contributed by atoms with Gasteiger partial charge in [-0.2, -0.15) is 0 Å². The number of nitrogens with one attached hydrogen (secondary N) is 1. The molecule has 130 valence electrons. The number of hydrogen-bond acceptors (Lipinski definition) is 6. The first-order chi connectivity index (χ1) is 11.6. The maximum absolute atomic E-state index is 12.5. The van der Waals surface area contributed by atoms with Crippen molar-refractivity contribution in [1.29, 1.82) is 5.41 Å². The molecule has 1 aromatic carbocycles. The highest BCUT2D eigenvalue weighted by Crippen LogP contribution is 2.32. The highest BCUT2D eigenvalue weighted by Gasteiger charge is 2.38. The molecule has 0 radical (unpaired) electrons. The van der Waals surface area contributed by atoms with Crippen LogP contribution in [0.5, 0.6) is 0 Å². The Morgan fingerprint density at radius 3 is 2.36 bits per heavy atom. The lowest BCUT2D eigenvalue weighted by atomic mass is 9.96. The summed E-state index contributed by atoms with van der Waals surface area (Å²) in [6.45, 7) is 6.07. The fourth-order valence-electron chi connectivity index (χ4n) is 2.66. The van der Waals surface area contributed by atoms with Crippen molar-refractivity contribution in [3.05, 3.63) is 56.4 Å². The molecule has 25 heavy (non-hydrogen) atoms. The van der Waals surface area contributed by atoms with Crippen molar-refractivity contribution in [3.8, 4) is 0 Å². The molecular weight excluding hydrogens is 324 g/mol. The van der Waals surface area contributed by atoms with Crippen LogP contribution < -0.4 is 10.6 Å². The van der Waals surface area contributed by atoms with E-state index in [0.29, 0.717) is 22.5 Å². The van der Waals surface area contributed by atoms with E-state index in [4.69, 9.17) is 11.1 Å². The second kappa shape index (κ2) is 6.31. The van der Waals surface area contributed by atoms with Gasteiger partial charge in [0.15, 0.2) is 5.70 Å². The standard InChI is InChI=1S/C17H18N4O4/c1-8-6-13(9(2)5-12(8)18)20(11(4)22)16-14(23)7-10(3)15(19)17(16)21(24)25/h5-7,19H,18H2,1-4H3. The summed E-state index contributed by atoms with van der Waals surface area (Å²) in [6, 6.07) is 3.23. The molecular formula is C17H18N4O4. The lowest BCUT2D eigenvalue weighted by Gasteiger charge is -2.26. The fraction of sp³-hybridized carbons (Fsp3) is 0.235. The van der Waals surface area contributed by atoms with Gasteiger partial charge in [0.05, 0.1) is 10.6 Å². The average molecular weight is 342 g/mol. The van der Waals surface area contributed by atoms with Crippen molar-refractivity contribution in [2.24, 2.45) is 0 Å². The predicted molar refractivity (Wildman–Crippen MR) is 94.0 cm³/mol. The second-order valence-electron chi connectivity index (χ2n) is 5.87. The van der Waals surface area contributed by atoms with Gasteiger partial charge in [-0.1, -0.05) is 0 Å². The van der Waals surface area contributed by atoms with E-state index in [1.165, 1.54) is 13.8 Å². The normalized spacial score (nSPS) is 14.5. The van der Waals surface area contributed by atoms with E-state index in [9.17, 15) is 19.7 Å². The van der Waals surface area contributed by atoms with Gasteiger partial charge in [-0.25, -0.2) is 0 Å². The summed E-state index contributed by atoms with van der Waals surface area (Å²) < 4.78 is 0. The summed E-state index contributed by atoms with van der Waals surface area (Å²) in [7, 11) is 0. The third-order valence-electron chi connectivity index (χ3n) is 3.98. The molecule has 0 atom stereocenters. The fourth-order valence-corrected chi connectivity index (χ4v) is 2.66. The molecule has 1 aliphatic rings. The van der Waals surface area contributed by atoms with Crippen molar-refractivity contribution >= 4 is 28.8 Å². The van der Waals surface area contributed by atoms with Crippen molar-refractivity contribution in [2.45, 2.75) is 27.7 Å². The molecule has 8 nitrogen and oxygen atoms in total. The molecule has 0 heterocycles. The number of rotatable bonds is 3. The van der Waals surface area contributed by atoms with Crippen LogP contribution in [0.2, 0.25) is 0 Å². The van der Waals surface area contributed by atoms with Gasteiger partial charge in [0, 0.05) is 12.6 Å². The maximum Gasteiger partial charge on any atom is 0.322 e. The molecule has 0 bridgehead atoms. The van der Waals surface area contributed by atoms with Crippen LogP contribution in [0.15, 0.2) is 35.2 Å². The number of nitrogens with two attached hydrogens (primary N) is 1. The summed E-state index contributed by atoms with van der Waals surface area (Å²) in [4.78, 5) is 36.5. The van der Waals surface area contributed by atoms with E-state index in [0.717, 1.165) is 11.0 Å². The SMILES string of the molecule is CC(=O)N(C1=C([N+](=O)[O-])C(=N)C(C)=CC1=O)c1cc(C)c(N)cc1C. The molecule has 1 aromatic rings. The minimum Gasteiger partial charge on any atom is -0.399 e. The Hall–Kier alpha value is -3.29. The average Bonchev–Trinajstić information content (AvgIpc) is 2.49. The number of carbonyl (C=O) groups excluding carboxylic acids is 2. The molecule has 8 heteroatoms. The predicted octanol–water partition coefficient (Wildman–Crippen LogP) is 2.28. The summed E-state index contributed by atoms with van der Waals surface area (Å²) in [5.41, 5.74) is 6.60. The van der Waals surface area contributed by atoms with Crippen molar-refractivity contribution < 1.29 is 14.5 Å². The van der Waals surface area contributed by atoms with Gasteiger partial charge < -0.3 is 5.73 Å². The van der Waals surface area contributed by atoms with E-state index >= 15 is 0 Å². The quantitative estimate of drug-likeness (QED) is 0.376. The third-order valence-corrected chi connectivity index (χ3v) is 3.98. The molecule has 2 rings (SSSR count). The van der Waals surface area contributed by atoms with Crippen LogP contribution in [-0.2, 0) is 9.59 Å². The van der Waals surface area contributed by atoms with Gasteiger partial charge in [0.2, 0.25) is 11.7 Å². The minimum atomic E-state index is -0.804. The van der Waals surface area contributed by atoms with E-state index in [-0.39, 0.29) is 5.57 Å². The van der Waals surface area contributed by atoms with E-state index in [1.54, 1.807) is 26.0 Å². The van der Waals surface area contributed by atoms with Gasteiger partial charge in [-0.05, 0) is 55.7 Å². The Kier molecular flexibility index (Phi) is 4.56. The largest absolute Gasteiger partial charge is 0.399 e. The van der Waals surface area contributed by atoms with Crippen LogP contribution in [0.4, 0.5) is 11.4 Å². The monoisotopic (exact) mass is 342 g/mol. The smallest absolute Gasteiger partial charge is 0.322 e. The first-order valence-corrected chi connectivity index (χ1v) is 7.44. The van der Waals surface area contributed by atoms with Gasteiger partial charge in [-0.3, -0.25) is 30.0 Å². The zero-order valence-corrected chi connectivity index (χ0v) is 14.3. The van der Waals surface area contributed by atoms with Crippen LogP contribution in [0, 0.1) is 29.4 Å². The molecule has 0 aliphatic heterocycles. The van der Waals surface area contributed by atoms with E-state index < -0.39 is 33.7 Å². The van der Waals surface area contributed by atoms with Crippen LogP contribution >= 0.6 is 0 Å². The highest BCUT2D eigenvalue weighted by atomic mass is 16.6. The molecule has 0 fully saturated rings. The summed E-state index contributed by atoms with van der Waals surface area (Å²) in [6.07, 6.45) is 1.13. The van der Waals surface area contributed by atoms with Crippen molar-refractivity contribution in [3.63, 3.8) is 0 Å². The summed E-state index contributed by atoms with van der Waals surface area (Å²) in [5.74, 6) is -1.26. The van der Waals surface area contributed by atoms with Crippen LogP contribution in [0.3, 0.4) is 0 Å². The van der Waals surface area contributed by atoms with Gasteiger partial charge in [0.1, 0.15) is 5.71 Å². The summed E-state index contributed by atoms with van der Waals surface area (Å²) >= 11 is 0. The lowest BCUT2D eigenvalue weighted by molar-refractivity contribution is -0.416. The van der Waals surface area contributed by atoms with Crippen molar-refractivity contribution in [1.82, 2.24) is 0 Å². The van der Waals surface area contributed by atoms with Gasteiger partial charge >= 0.3 is 5.70 Å². The molecule has 0 unspecified atom stereocenters. The number of aryl methyl sites for hydroxylation is 2. The molecule has 1 amide bonds. The Morgan fingerprint density at radius 1 is 1.24 bits per heavy atom. The number of benzene rings is 1. The zero-order valence-electron chi connectivity index (χ0n) is 14.3. The van der Waals surface area contributed by atoms with E-state index in [1.807, 2.05) is 0 Å². The molecule has 1 aliphatic carbocycles. The van der Waals surface area contributed by atoms with Gasteiger partial charge in [0.25, 0.3) is 0 Å². The summed E-state index contributed by atoms with van der Waals surface area (Å²) in [5, 5.41) is 19.5. The first-order valence-electron chi connectivity index (χ1n) is 7.44. The van der Waals surface area contributed by atoms with Crippen LogP contribution in [-0.4, -0.2) is 22.3 Å². The van der Waals surface area contributed by atoms with Gasteiger partial charge in [-0.15, -0.1) is 0 Å². The Morgan fingerprint density at radius 2 is 1.84 bits per heavy atom. The molecule has 0 spiro atoms. The number of carbonyl (C=O) groups is 2.